The molecule has 0 saturated heterocycles. The summed E-state index contributed by atoms with van der Waals surface area (Å²) in [4.78, 5) is 33.1. The van der Waals surface area contributed by atoms with Crippen molar-refractivity contribution in [2.45, 2.75) is 71.3 Å². The van der Waals surface area contributed by atoms with E-state index in [9.17, 15) is 9.59 Å². The number of hydrogen-bond acceptors (Lipinski definition) is 7. The van der Waals surface area contributed by atoms with Crippen molar-refractivity contribution in [2.75, 3.05) is 25.6 Å². The maximum atomic E-state index is 13.1. The van der Waals surface area contributed by atoms with Gasteiger partial charge in [-0.2, -0.15) is 4.98 Å². The maximum absolute atomic E-state index is 13.1. The normalized spacial score (nSPS) is 22.4. The molecule has 1 N–H and O–H groups in total. The Balaban J connectivity index is 1.84. The van der Waals surface area contributed by atoms with Gasteiger partial charge in [-0.25, -0.2) is 16.0 Å². The molecule has 1 unspecified atom stereocenters. The molecule has 1 aromatic carbocycles. The standard InChI is InChI=1S/C27H38N5O5P/c1-18(2)32(19(3)4)38(36-16-14-28-6)37-24-20(5)17-22(25(24)35-7)31-15-13-23(30-27(31)34)29-26(33)21-11-9-8-10-12-21/h8-13,15,18-20,22,24-25H,14,16-17H2,1-5,7H3,(H,29,30,33,34)/t20-,22+,24+,25-,38?/m0/s1/i5D. The Kier molecular flexibility index (Phi) is 10.4. The summed E-state index contributed by atoms with van der Waals surface area (Å²) in [5, 5.41) is 2.66. The minimum absolute atomic E-state index is 0.0863. The van der Waals surface area contributed by atoms with Crippen LogP contribution >= 0.6 is 8.53 Å². The van der Waals surface area contributed by atoms with Crippen LogP contribution in [-0.2, 0) is 13.8 Å². The van der Waals surface area contributed by atoms with Crippen molar-refractivity contribution in [1.29, 1.82) is 0 Å². The predicted molar refractivity (Wildman–Crippen MR) is 148 cm³/mol. The molecule has 5 atom stereocenters. The Morgan fingerprint density at radius 2 is 1.97 bits per heavy atom. The molecule has 0 radical (unpaired) electrons. The van der Waals surface area contributed by atoms with Crippen LogP contribution in [0.4, 0.5) is 5.82 Å². The fraction of sp³-hybridized carbons (Fsp3) is 0.556. The topological polar surface area (TPSA) is 99.3 Å². The van der Waals surface area contributed by atoms with E-state index in [2.05, 4.69) is 47.5 Å². The van der Waals surface area contributed by atoms with Crippen molar-refractivity contribution in [3.05, 3.63) is 70.1 Å². The van der Waals surface area contributed by atoms with Gasteiger partial charge in [0.1, 0.15) is 18.5 Å². The number of nitrogens with one attached hydrogen (secondary N) is 1. The van der Waals surface area contributed by atoms with Crippen LogP contribution < -0.4 is 11.0 Å². The number of ether oxygens (including phenoxy) is 1. The number of methoxy groups -OCH3 is 1. The summed E-state index contributed by atoms with van der Waals surface area (Å²) >= 11 is 0. The second-order valence-corrected chi connectivity index (χ2v) is 11.1. The van der Waals surface area contributed by atoms with Crippen LogP contribution in [0.5, 0.6) is 0 Å². The van der Waals surface area contributed by atoms with E-state index in [-0.39, 0.29) is 49.8 Å². The lowest BCUT2D eigenvalue weighted by molar-refractivity contribution is -0.0159. The molecule has 0 bridgehead atoms. The molecule has 206 valence electrons. The molecule has 11 heteroatoms. The third-order valence-corrected chi connectivity index (χ3v) is 8.44. The minimum Gasteiger partial charge on any atom is -0.377 e. The quantitative estimate of drug-likeness (QED) is 0.234. The van der Waals surface area contributed by atoms with Gasteiger partial charge in [-0.1, -0.05) is 25.1 Å². The summed E-state index contributed by atoms with van der Waals surface area (Å²) in [6.45, 7) is 15.9. The largest absolute Gasteiger partial charge is 0.377 e. The smallest absolute Gasteiger partial charge is 0.349 e. The molecular formula is C27H38N5O5P. The summed E-state index contributed by atoms with van der Waals surface area (Å²) in [7, 11) is 0.0204. The molecule has 2 aromatic rings. The highest BCUT2D eigenvalue weighted by atomic mass is 31.2. The van der Waals surface area contributed by atoms with Crippen LogP contribution in [0.25, 0.3) is 4.85 Å². The van der Waals surface area contributed by atoms with Crippen molar-refractivity contribution in [3.8, 4) is 0 Å². The van der Waals surface area contributed by atoms with Gasteiger partial charge in [-0.3, -0.25) is 9.36 Å². The summed E-state index contributed by atoms with van der Waals surface area (Å²) in [5.74, 6) is -0.409. The van der Waals surface area contributed by atoms with Crippen LogP contribution in [-0.4, -0.2) is 64.7 Å². The third kappa shape index (κ3) is 7.25. The second-order valence-electron chi connectivity index (χ2n) is 9.68. The van der Waals surface area contributed by atoms with E-state index in [4.69, 9.17) is 21.7 Å². The van der Waals surface area contributed by atoms with Gasteiger partial charge >= 0.3 is 5.69 Å². The van der Waals surface area contributed by atoms with Crippen molar-refractivity contribution in [3.63, 3.8) is 0 Å². The first-order valence-electron chi connectivity index (χ1n) is 13.4. The van der Waals surface area contributed by atoms with Gasteiger partial charge in [0.2, 0.25) is 6.54 Å². The highest BCUT2D eigenvalue weighted by Gasteiger charge is 2.46. The number of amides is 1. The first kappa shape index (κ1) is 28.3. The monoisotopic (exact) mass is 544 g/mol. The minimum atomic E-state index is -1.55. The maximum Gasteiger partial charge on any atom is 0.349 e. The molecule has 1 heterocycles. The van der Waals surface area contributed by atoms with Crippen molar-refractivity contribution in [1.82, 2.24) is 14.2 Å². The van der Waals surface area contributed by atoms with Crippen LogP contribution in [0.15, 0.2) is 47.4 Å². The SMILES string of the molecule is [2H]C[C@H]1C[C@@H](n2ccc(NC(=O)c3ccccc3)nc2=O)[C@H](OC)[C@@H]1OP(OCC[N+]#[C-])N(C(C)C)C(C)C. The van der Waals surface area contributed by atoms with Crippen LogP contribution in [0.2, 0.25) is 0 Å². The molecule has 0 aliphatic heterocycles. The van der Waals surface area contributed by atoms with E-state index in [0.29, 0.717) is 12.0 Å². The lowest BCUT2D eigenvalue weighted by Gasteiger charge is -2.38. The lowest BCUT2D eigenvalue weighted by atomic mass is 10.1. The number of anilines is 1. The van der Waals surface area contributed by atoms with Crippen molar-refractivity contribution < 1.29 is 19.9 Å². The average Bonchev–Trinajstić information content (AvgIpc) is 3.25. The number of carbonyl (C=O) groups excluding carboxylic acids is 1. The first-order valence-corrected chi connectivity index (χ1v) is 13.8. The second kappa shape index (κ2) is 13.9. The molecular weight excluding hydrogens is 505 g/mol. The Labute approximate surface area is 227 Å². The number of hydrogen-bond donors (Lipinski definition) is 1. The molecule has 38 heavy (non-hydrogen) atoms. The molecule has 1 fully saturated rings. The van der Waals surface area contributed by atoms with Crippen molar-refractivity contribution in [2.24, 2.45) is 5.92 Å². The summed E-state index contributed by atoms with van der Waals surface area (Å²) < 4.78 is 30.4. The zero-order valence-electron chi connectivity index (χ0n) is 23.6. The number of nitrogens with zero attached hydrogens (tertiary/aromatic N) is 4. The molecule has 1 aliphatic rings. The highest BCUT2D eigenvalue weighted by molar-refractivity contribution is 7.44. The molecule has 1 saturated carbocycles. The van der Waals surface area contributed by atoms with E-state index in [1.54, 1.807) is 43.6 Å². The Morgan fingerprint density at radius 3 is 2.55 bits per heavy atom. The van der Waals surface area contributed by atoms with E-state index in [0.717, 1.165) is 0 Å². The fourth-order valence-corrected chi connectivity index (χ4v) is 6.48. The van der Waals surface area contributed by atoms with E-state index in [1.165, 1.54) is 4.57 Å². The molecule has 0 spiro atoms. The Bertz CT molecular complexity index is 1170. The molecule has 1 aromatic heterocycles. The number of carbonyl (C=O) groups is 1. The Morgan fingerprint density at radius 1 is 1.26 bits per heavy atom. The predicted octanol–water partition coefficient (Wildman–Crippen LogP) is 4.76. The number of rotatable bonds is 12. The van der Waals surface area contributed by atoms with Crippen LogP contribution in [0.3, 0.4) is 0 Å². The van der Waals surface area contributed by atoms with Gasteiger partial charge < -0.3 is 23.9 Å². The summed E-state index contributed by atoms with van der Waals surface area (Å²) in [6.07, 6.45) is 1.05. The average molecular weight is 545 g/mol. The van der Waals surface area contributed by atoms with Gasteiger partial charge in [0.15, 0.2) is 0 Å². The Hall–Kier alpha value is -2.67. The molecule has 1 amide bonds. The molecule has 1 aliphatic carbocycles. The summed E-state index contributed by atoms with van der Waals surface area (Å²) in [5.41, 5.74) is -0.0668. The molecule has 3 rings (SSSR count). The fourth-order valence-electron chi connectivity index (χ4n) is 4.68. The summed E-state index contributed by atoms with van der Waals surface area (Å²) in [6, 6.07) is 10.1. The van der Waals surface area contributed by atoms with Gasteiger partial charge in [0.25, 0.3) is 14.4 Å². The lowest BCUT2D eigenvalue weighted by Crippen LogP contribution is -2.39. The van der Waals surface area contributed by atoms with Crippen LogP contribution in [0, 0.1) is 12.5 Å². The van der Waals surface area contributed by atoms with E-state index >= 15 is 0 Å². The molecule has 10 nitrogen and oxygen atoms in total. The van der Waals surface area contributed by atoms with Gasteiger partial charge in [0.05, 0.1) is 12.1 Å². The number of aromatic nitrogens is 2. The van der Waals surface area contributed by atoms with Crippen molar-refractivity contribution >= 4 is 20.3 Å². The highest BCUT2D eigenvalue weighted by Crippen LogP contribution is 2.51. The first-order chi connectivity index (χ1) is 18.7. The van der Waals surface area contributed by atoms with Crippen LogP contribution in [0.1, 0.15) is 58.8 Å². The van der Waals surface area contributed by atoms with E-state index < -0.39 is 32.5 Å². The van der Waals surface area contributed by atoms with Gasteiger partial charge in [-0.05, 0) is 58.2 Å². The number of benzene rings is 1. The third-order valence-electron chi connectivity index (χ3n) is 6.31. The zero-order valence-corrected chi connectivity index (χ0v) is 23.5. The zero-order chi connectivity index (χ0) is 28.5. The van der Waals surface area contributed by atoms with E-state index in [1.807, 2.05) is 6.07 Å². The van der Waals surface area contributed by atoms with Gasteiger partial charge in [-0.15, -0.1) is 0 Å². The van der Waals surface area contributed by atoms with Gasteiger partial charge in [0, 0.05) is 32.3 Å².